The van der Waals surface area contributed by atoms with Crippen molar-refractivity contribution < 1.29 is 9.90 Å². The molecule has 0 aliphatic rings. The average Bonchev–Trinajstić information content (AvgIpc) is 2.82. The molecule has 19 heavy (non-hydrogen) atoms. The molecule has 2 heterocycles. The van der Waals surface area contributed by atoms with E-state index in [1.54, 1.807) is 19.3 Å². The van der Waals surface area contributed by atoms with Crippen LogP contribution in [0.15, 0.2) is 30.7 Å². The van der Waals surface area contributed by atoms with Gasteiger partial charge in [-0.25, -0.2) is 9.78 Å². The molecular weight excluding hydrogens is 246 g/mol. The highest BCUT2D eigenvalue weighted by Crippen LogP contribution is 2.19. The number of pyridine rings is 1. The van der Waals surface area contributed by atoms with E-state index < -0.39 is 12.0 Å². The first kappa shape index (κ1) is 12.6. The Hall–Kier alpha value is -2.88. The van der Waals surface area contributed by atoms with Gasteiger partial charge in [0.1, 0.15) is 11.8 Å². The molecule has 1 atom stereocenters. The number of nitriles is 1. The Morgan fingerprint density at radius 3 is 2.79 bits per heavy atom. The van der Waals surface area contributed by atoms with Crippen molar-refractivity contribution in [2.24, 2.45) is 7.05 Å². The minimum atomic E-state index is -1.02. The fraction of sp³-hybridized carbons (Fsp3) is 0.167. The minimum Gasteiger partial charge on any atom is -0.479 e. The topological polar surface area (TPSA) is 104 Å². The van der Waals surface area contributed by atoms with Crippen LogP contribution < -0.4 is 5.32 Å². The van der Waals surface area contributed by atoms with Gasteiger partial charge < -0.3 is 10.4 Å². The summed E-state index contributed by atoms with van der Waals surface area (Å²) in [5, 5.41) is 24.6. The van der Waals surface area contributed by atoms with Crippen molar-refractivity contribution in [2.75, 3.05) is 5.32 Å². The number of carboxylic acids is 1. The van der Waals surface area contributed by atoms with Crippen LogP contribution in [0.25, 0.3) is 0 Å². The van der Waals surface area contributed by atoms with E-state index in [-0.39, 0.29) is 5.69 Å². The number of aromatic nitrogens is 3. The number of hydrogen-bond acceptors (Lipinski definition) is 5. The Morgan fingerprint density at radius 1 is 1.53 bits per heavy atom. The van der Waals surface area contributed by atoms with Gasteiger partial charge in [0.15, 0.2) is 6.04 Å². The van der Waals surface area contributed by atoms with E-state index in [1.807, 2.05) is 6.07 Å². The molecule has 7 nitrogen and oxygen atoms in total. The second kappa shape index (κ2) is 5.18. The maximum Gasteiger partial charge on any atom is 0.330 e. The predicted octanol–water partition coefficient (Wildman–Crippen LogP) is 0.925. The fourth-order valence-corrected chi connectivity index (χ4v) is 1.59. The molecule has 1 unspecified atom stereocenters. The number of nitrogens with zero attached hydrogens (tertiary/aromatic N) is 4. The van der Waals surface area contributed by atoms with Crippen LogP contribution in [0.3, 0.4) is 0 Å². The quantitative estimate of drug-likeness (QED) is 0.844. The van der Waals surface area contributed by atoms with Crippen LogP contribution in [0.1, 0.15) is 17.3 Å². The predicted molar refractivity (Wildman–Crippen MR) is 66.2 cm³/mol. The van der Waals surface area contributed by atoms with E-state index in [1.165, 1.54) is 23.1 Å². The standard InChI is InChI=1S/C12H11N5O2/c1-17-7-8(5-15-17)11(12(18)19)16-10-3-2-9(4-13)14-6-10/h2-3,5-7,11,16H,1H3,(H,18,19). The largest absolute Gasteiger partial charge is 0.479 e. The zero-order chi connectivity index (χ0) is 13.8. The average molecular weight is 257 g/mol. The minimum absolute atomic E-state index is 0.277. The molecule has 0 aliphatic heterocycles. The van der Waals surface area contributed by atoms with Crippen LogP contribution in [0, 0.1) is 11.3 Å². The molecule has 2 N–H and O–H groups in total. The van der Waals surface area contributed by atoms with Crippen molar-refractivity contribution in [3.63, 3.8) is 0 Å². The number of nitrogens with one attached hydrogen (secondary N) is 1. The van der Waals surface area contributed by atoms with Gasteiger partial charge in [0, 0.05) is 18.8 Å². The Labute approximate surface area is 109 Å². The van der Waals surface area contributed by atoms with Crippen LogP contribution in [0.4, 0.5) is 5.69 Å². The SMILES string of the molecule is Cn1cc(C(Nc2ccc(C#N)nc2)C(=O)O)cn1. The molecule has 0 amide bonds. The molecule has 0 radical (unpaired) electrons. The van der Waals surface area contributed by atoms with Gasteiger partial charge in [-0.3, -0.25) is 4.68 Å². The Morgan fingerprint density at radius 2 is 2.32 bits per heavy atom. The summed E-state index contributed by atoms with van der Waals surface area (Å²) in [5.74, 6) is -1.02. The summed E-state index contributed by atoms with van der Waals surface area (Å²) in [4.78, 5) is 15.1. The molecule has 0 fully saturated rings. The van der Waals surface area contributed by atoms with Gasteiger partial charge in [0.25, 0.3) is 0 Å². The Balaban J connectivity index is 2.21. The highest BCUT2D eigenvalue weighted by Gasteiger charge is 2.21. The molecule has 0 saturated carbocycles. The van der Waals surface area contributed by atoms with Crippen molar-refractivity contribution in [1.29, 1.82) is 5.26 Å². The second-order valence-electron chi connectivity index (χ2n) is 3.91. The second-order valence-corrected chi connectivity index (χ2v) is 3.91. The number of carbonyl (C=O) groups is 1. The third-order valence-electron chi connectivity index (χ3n) is 2.49. The summed E-state index contributed by atoms with van der Waals surface area (Å²) in [6.07, 6.45) is 4.54. The zero-order valence-electron chi connectivity index (χ0n) is 10.1. The summed E-state index contributed by atoms with van der Waals surface area (Å²) in [6.45, 7) is 0. The van der Waals surface area contributed by atoms with Gasteiger partial charge in [-0.15, -0.1) is 0 Å². The Kier molecular flexibility index (Phi) is 3.43. The molecule has 2 aromatic heterocycles. The fourth-order valence-electron chi connectivity index (χ4n) is 1.59. The lowest BCUT2D eigenvalue weighted by molar-refractivity contribution is -0.138. The first-order chi connectivity index (χ1) is 9.10. The van der Waals surface area contributed by atoms with Crippen LogP contribution in [-0.4, -0.2) is 25.8 Å². The normalized spacial score (nSPS) is 11.6. The maximum atomic E-state index is 11.3. The number of aliphatic carboxylic acids is 1. The molecule has 0 aromatic carbocycles. The lowest BCUT2D eigenvalue weighted by Crippen LogP contribution is -2.20. The van der Waals surface area contributed by atoms with Crippen molar-refractivity contribution >= 4 is 11.7 Å². The van der Waals surface area contributed by atoms with E-state index in [2.05, 4.69) is 15.4 Å². The molecule has 0 saturated heterocycles. The third kappa shape index (κ3) is 2.87. The summed E-state index contributed by atoms with van der Waals surface area (Å²) >= 11 is 0. The van der Waals surface area contributed by atoms with Gasteiger partial charge in [0.2, 0.25) is 0 Å². The van der Waals surface area contributed by atoms with Crippen LogP contribution in [0.5, 0.6) is 0 Å². The maximum absolute atomic E-state index is 11.3. The van der Waals surface area contributed by atoms with Crippen LogP contribution >= 0.6 is 0 Å². The summed E-state index contributed by atoms with van der Waals surface area (Å²) in [7, 11) is 1.71. The number of anilines is 1. The number of aryl methyl sites for hydroxylation is 1. The number of hydrogen-bond donors (Lipinski definition) is 2. The Bertz CT molecular complexity index is 626. The molecule has 7 heteroatoms. The van der Waals surface area contributed by atoms with Gasteiger partial charge >= 0.3 is 5.97 Å². The highest BCUT2D eigenvalue weighted by molar-refractivity contribution is 5.79. The van der Waals surface area contributed by atoms with Gasteiger partial charge in [-0.05, 0) is 12.1 Å². The number of rotatable bonds is 4. The van der Waals surface area contributed by atoms with E-state index in [0.29, 0.717) is 11.3 Å². The number of carboxylic acid groups (broad SMARTS) is 1. The van der Waals surface area contributed by atoms with Gasteiger partial charge in [-0.2, -0.15) is 10.4 Å². The van der Waals surface area contributed by atoms with Gasteiger partial charge in [-0.1, -0.05) is 0 Å². The monoisotopic (exact) mass is 257 g/mol. The zero-order valence-corrected chi connectivity index (χ0v) is 10.1. The molecule has 0 spiro atoms. The summed E-state index contributed by atoms with van der Waals surface area (Å²) in [5.41, 5.74) is 1.34. The van der Waals surface area contributed by atoms with Crippen LogP contribution in [-0.2, 0) is 11.8 Å². The molecular formula is C12H11N5O2. The molecule has 2 aromatic rings. The smallest absolute Gasteiger partial charge is 0.330 e. The first-order valence-corrected chi connectivity index (χ1v) is 5.44. The van der Waals surface area contributed by atoms with Gasteiger partial charge in [0.05, 0.1) is 18.1 Å². The molecule has 96 valence electrons. The summed E-state index contributed by atoms with van der Waals surface area (Å²) in [6, 6.07) is 4.11. The van der Waals surface area contributed by atoms with Crippen LogP contribution in [0.2, 0.25) is 0 Å². The first-order valence-electron chi connectivity index (χ1n) is 5.44. The van der Waals surface area contributed by atoms with Crippen molar-refractivity contribution in [3.8, 4) is 6.07 Å². The molecule has 0 bridgehead atoms. The van der Waals surface area contributed by atoms with E-state index in [9.17, 15) is 9.90 Å². The lowest BCUT2D eigenvalue weighted by Gasteiger charge is -2.13. The summed E-state index contributed by atoms with van der Waals surface area (Å²) < 4.78 is 1.53. The lowest BCUT2D eigenvalue weighted by atomic mass is 10.1. The molecule has 2 rings (SSSR count). The van der Waals surface area contributed by atoms with E-state index in [4.69, 9.17) is 5.26 Å². The van der Waals surface area contributed by atoms with Crippen molar-refractivity contribution in [2.45, 2.75) is 6.04 Å². The third-order valence-corrected chi connectivity index (χ3v) is 2.49. The van der Waals surface area contributed by atoms with E-state index in [0.717, 1.165) is 0 Å². The van der Waals surface area contributed by atoms with Crippen molar-refractivity contribution in [3.05, 3.63) is 42.0 Å². The molecule has 0 aliphatic carbocycles. The van der Waals surface area contributed by atoms with Crippen molar-refractivity contribution in [1.82, 2.24) is 14.8 Å². The highest BCUT2D eigenvalue weighted by atomic mass is 16.4. The van der Waals surface area contributed by atoms with E-state index >= 15 is 0 Å².